The monoisotopic (exact) mass is 402 g/mol. The van der Waals surface area contributed by atoms with Crippen LogP contribution in [0, 0.1) is 6.92 Å². The van der Waals surface area contributed by atoms with Gasteiger partial charge in [-0.2, -0.15) is 0 Å². The number of aryl methyl sites for hydroxylation is 2. The van der Waals surface area contributed by atoms with Gasteiger partial charge in [0.2, 0.25) is 5.91 Å². The molecule has 7 heteroatoms. The van der Waals surface area contributed by atoms with Crippen LogP contribution in [0.1, 0.15) is 17.5 Å². The Bertz CT molecular complexity index is 968. The lowest BCUT2D eigenvalue weighted by atomic mass is 10.1. The van der Waals surface area contributed by atoms with Gasteiger partial charge in [-0.1, -0.05) is 30.3 Å². The zero-order valence-corrected chi connectivity index (χ0v) is 17.2. The molecule has 0 unspecified atom stereocenters. The standard InChI is InChI=1S/C23H26N6O/c1-18-11-12-24-21(17-18)25-20-8-9-22(27-26-20)28-13-15-29(16-14-28)23(30)10-7-19-5-3-2-4-6-19/h2-6,8-9,11-12,17H,7,10,13-16H2,1H3,(H,24,25,26). The fourth-order valence-corrected chi connectivity index (χ4v) is 3.54. The summed E-state index contributed by atoms with van der Waals surface area (Å²) in [5, 5.41) is 11.8. The third-order valence-corrected chi connectivity index (χ3v) is 5.25. The van der Waals surface area contributed by atoms with E-state index in [4.69, 9.17) is 0 Å². The second-order valence-corrected chi connectivity index (χ2v) is 7.47. The van der Waals surface area contributed by atoms with Gasteiger partial charge in [0, 0.05) is 38.8 Å². The van der Waals surface area contributed by atoms with Crippen molar-refractivity contribution in [1.82, 2.24) is 20.1 Å². The summed E-state index contributed by atoms with van der Waals surface area (Å²) in [4.78, 5) is 20.9. The van der Waals surface area contributed by atoms with Crippen molar-refractivity contribution in [2.75, 3.05) is 36.4 Å². The number of rotatable bonds is 6. The van der Waals surface area contributed by atoms with Crippen LogP contribution in [0.25, 0.3) is 0 Å². The molecule has 0 spiro atoms. The first kappa shape index (κ1) is 19.8. The highest BCUT2D eigenvalue weighted by Gasteiger charge is 2.21. The SMILES string of the molecule is Cc1ccnc(Nc2ccc(N3CCN(C(=O)CCc4ccccc4)CC3)nn2)c1. The van der Waals surface area contributed by atoms with Crippen molar-refractivity contribution >= 4 is 23.4 Å². The van der Waals surface area contributed by atoms with Crippen molar-refractivity contribution in [1.29, 1.82) is 0 Å². The zero-order valence-electron chi connectivity index (χ0n) is 17.2. The van der Waals surface area contributed by atoms with Crippen LogP contribution >= 0.6 is 0 Å². The molecule has 1 aliphatic heterocycles. The van der Waals surface area contributed by atoms with Crippen molar-refractivity contribution in [3.8, 4) is 0 Å². The molecule has 3 heterocycles. The Morgan fingerprint density at radius 1 is 0.967 bits per heavy atom. The molecule has 1 amide bonds. The molecule has 4 rings (SSSR count). The minimum atomic E-state index is 0.217. The Labute approximate surface area is 176 Å². The molecular formula is C23H26N6O. The topological polar surface area (TPSA) is 74.2 Å². The molecule has 2 aromatic heterocycles. The molecule has 0 bridgehead atoms. The Morgan fingerprint density at radius 2 is 1.77 bits per heavy atom. The van der Waals surface area contributed by atoms with E-state index >= 15 is 0 Å². The summed E-state index contributed by atoms with van der Waals surface area (Å²) < 4.78 is 0. The van der Waals surface area contributed by atoms with E-state index in [0.717, 1.165) is 36.7 Å². The number of nitrogens with one attached hydrogen (secondary N) is 1. The molecule has 0 radical (unpaired) electrons. The van der Waals surface area contributed by atoms with Crippen LogP contribution in [-0.4, -0.2) is 52.2 Å². The van der Waals surface area contributed by atoms with Gasteiger partial charge in [0.25, 0.3) is 0 Å². The highest BCUT2D eigenvalue weighted by atomic mass is 16.2. The van der Waals surface area contributed by atoms with Gasteiger partial charge in [0.05, 0.1) is 0 Å². The minimum absolute atomic E-state index is 0.217. The summed E-state index contributed by atoms with van der Waals surface area (Å²) in [6.07, 6.45) is 3.10. The summed E-state index contributed by atoms with van der Waals surface area (Å²) in [5.74, 6) is 2.45. The summed E-state index contributed by atoms with van der Waals surface area (Å²) >= 11 is 0. The van der Waals surface area contributed by atoms with Gasteiger partial charge >= 0.3 is 0 Å². The van der Waals surface area contributed by atoms with Crippen LogP contribution in [0.2, 0.25) is 0 Å². The number of nitrogens with zero attached hydrogens (tertiary/aromatic N) is 5. The quantitative estimate of drug-likeness (QED) is 0.683. The summed E-state index contributed by atoms with van der Waals surface area (Å²) in [7, 11) is 0. The van der Waals surface area contributed by atoms with Crippen molar-refractivity contribution in [3.05, 3.63) is 71.9 Å². The average molecular weight is 403 g/mol. The molecule has 1 saturated heterocycles. The highest BCUT2D eigenvalue weighted by molar-refractivity contribution is 5.76. The third kappa shape index (κ3) is 5.11. The van der Waals surface area contributed by atoms with Crippen LogP contribution in [0.5, 0.6) is 0 Å². The summed E-state index contributed by atoms with van der Waals surface area (Å²) in [6.45, 7) is 4.97. The van der Waals surface area contributed by atoms with E-state index in [1.165, 1.54) is 5.56 Å². The number of piperazine rings is 1. The van der Waals surface area contributed by atoms with Gasteiger partial charge in [-0.3, -0.25) is 4.79 Å². The van der Waals surface area contributed by atoms with Crippen molar-refractivity contribution in [2.45, 2.75) is 19.8 Å². The van der Waals surface area contributed by atoms with Gasteiger partial charge in [-0.05, 0) is 48.7 Å². The molecule has 0 aliphatic carbocycles. The van der Waals surface area contributed by atoms with Gasteiger partial charge in [-0.15, -0.1) is 10.2 Å². The van der Waals surface area contributed by atoms with E-state index in [0.29, 0.717) is 25.3 Å². The van der Waals surface area contributed by atoms with E-state index in [-0.39, 0.29) is 5.91 Å². The molecule has 1 aliphatic rings. The fourth-order valence-electron chi connectivity index (χ4n) is 3.54. The molecule has 1 fully saturated rings. The normalized spacial score (nSPS) is 13.9. The molecule has 30 heavy (non-hydrogen) atoms. The minimum Gasteiger partial charge on any atom is -0.352 e. The first-order valence-corrected chi connectivity index (χ1v) is 10.3. The Hall–Kier alpha value is -3.48. The lowest BCUT2D eigenvalue weighted by molar-refractivity contribution is -0.131. The maximum atomic E-state index is 12.5. The second kappa shape index (κ2) is 9.35. The molecule has 0 saturated carbocycles. The van der Waals surface area contributed by atoms with Gasteiger partial charge in [0.15, 0.2) is 11.6 Å². The van der Waals surface area contributed by atoms with Crippen LogP contribution in [-0.2, 0) is 11.2 Å². The predicted octanol–water partition coefficient (Wildman–Crippen LogP) is 3.21. The molecular weight excluding hydrogens is 376 g/mol. The number of hydrogen-bond donors (Lipinski definition) is 1. The third-order valence-electron chi connectivity index (χ3n) is 5.25. The van der Waals surface area contributed by atoms with E-state index in [9.17, 15) is 4.79 Å². The van der Waals surface area contributed by atoms with Gasteiger partial charge in [0.1, 0.15) is 5.82 Å². The van der Waals surface area contributed by atoms with Gasteiger partial charge < -0.3 is 15.1 Å². The van der Waals surface area contributed by atoms with Crippen molar-refractivity contribution < 1.29 is 4.79 Å². The molecule has 0 atom stereocenters. The Kier molecular flexibility index (Phi) is 6.17. The summed E-state index contributed by atoms with van der Waals surface area (Å²) in [6, 6.07) is 17.9. The number of hydrogen-bond acceptors (Lipinski definition) is 6. The van der Waals surface area contributed by atoms with E-state index in [2.05, 4.69) is 37.5 Å². The molecule has 3 aromatic rings. The van der Waals surface area contributed by atoms with Crippen molar-refractivity contribution in [2.24, 2.45) is 0 Å². The van der Waals surface area contributed by atoms with E-state index in [1.54, 1.807) is 6.20 Å². The lowest BCUT2D eigenvalue weighted by Crippen LogP contribution is -2.49. The predicted molar refractivity (Wildman–Crippen MR) is 118 cm³/mol. The van der Waals surface area contributed by atoms with Crippen LogP contribution in [0.15, 0.2) is 60.8 Å². The number of anilines is 3. The highest BCUT2D eigenvalue weighted by Crippen LogP contribution is 2.17. The lowest BCUT2D eigenvalue weighted by Gasteiger charge is -2.35. The zero-order chi connectivity index (χ0) is 20.8. The number of benzene rings is 1. The molecule has 7 nitrogen and oxygen atoms in total. The Balaban J connectivity index is 1.27. The first-order chi connectivity index (χ1) is 14.7. The average Bonchev–Trinajstić information content (AvgIpc) is 2.79. The largest absolute Gasteiger partial charge is 0.352 e. The van der Waals surface area contributed by atoms with Crippen LogP contribution in [0.3, 0.4) is 0 Å². The van der Waals surface area contributed by atoms with Gasteiger partial charge in [-0.25, -0.2) is 4.98 Å². The second-order valence-electron chi connectivity index (χ2n) is 7.47. The maximum Gasteiger partial charge on any atom is 0.223 e. The number of amides is 1. The van der Waals surface area contributed by atoms with Crippen LogP contribution in [0.4, 0.5) is 17.5 Å². The van der Waals surface area contributed by atoms with E-state index in [1.807, 2.05) is 54.3 Å². The smallest absolute Gasteiger partial charge is 0.223 e. The number of carbonyl (C=O) groups excluding carboxylic acids is 1. The van der Waals surface area contributed by atoms with Crippen LogP contribution < -0.4 is 10.2 Å². The molecule has 1 N–H and O–H groups in total. The molecule has 1 aromatic carbocycles. The number of carbonyl (C=O) groups is 1. The molecule has 154 valence electrons. The summed E-state index contributed by atoms with van der Waals surface area (Å²) in [5.41, 5.74) is 2.34. The number of pyridine rings is 1. The van der Waals surface area contributed by atoms with Crippen molar-refractivity contribution in [3.63, 3.8) is 0 Å². The number of aromatic nitrogens is 3. The fraction of sp³-hybridized carbons (Fsp3) is 0.304. The first-order valence-electron chi connectivity index (χ1n) is 10.3. The Morgan fingerprint density at radius 3 is 2.47 bits per heavy atom. The van der Waals surface area contributed by atoms with E-state index < -0.39 is 0 Å². The maximum absolute atomic E-state index is 12.5.